The lowest BCUT2D eigenvalue weighted by Crippen LogP contribution is -2.57. The first-order valence-electron chi connectivity index (χ1n) is 21.1. The molecule has 0 radical (unpaired) electrons. The minimum Gasteiger partial charge on any atom is -0.391 e. The fourth-order valence-electron chi connectivity index (χ4n) is 8.24. The van der Waals surface area contributed by atoms with Crippen molar-refractivity contribution in [2.75, 3.05) is 18.9 Å². The van der Waals surface area contributed by atoms with Crippen LogP contribution in [0.1, 0.15) is 101 Å². The molecule has 5 heterocycles. The average molecular weight is 939 g/mol. The molecule has 7 rings (SSSR count). The van der Waals surface area contributed by atoms with Crippen LogP contribution in [0.2, 0.25) is 0 Å². The van der Waals surface area contributed by atoms with E-state index in [1.165, 1.54) is 22.4 Å². The van der Waals surface area contributed by atoms with Gasteiger partial charge in [0.2, 0.25) is 23.6 Å². The quantitative estimate of drug-likeness (QED) is 0.0938. The summed E-state index contributed by atoms with van der Waals surface area (Å²) in [5.74, 6) is -1.33. The molecule has 0 unspecified atom stereocenters. The van der Waals surface area contributed by atoms with E-state index in [0.717, 1.165) is 68.2 Å². The zero-order valence-electron chi connectivity index (χ0n) is 35.9. The number of carbonyl (C=O) groups excluding carboxylic acids is 4. The summed E-state index contributed by atoms with van der Waals surface area (Å²) in [7, 11) is 1.85. The topological polar surface area (TPSA) is 220 Å². The molecule has 2 fully saturated rings. The molecular weight excluding hydrogens is 887 g/mol. The summed E-state index contributed by atoms with van der Waals surface area (Å²) in [4.78, 5) is 59.9. The van der Waals surface area contributed by atoms with Gasteiger partial charge in [0.1, 0.15) is 23.2 Å². The van der Waals surface area contributed by atoms with E-state index < -0.39 is 35.4 Å². The molecule has 1 aliphatic heterocycles. The van der Waals surface area contributed by atoms with Crippen molar-refractivity contribution >= 4 is 62.1 Å². The van der Waals surface area contributed by atoms with E-state index in [1.54, 1.807) is 16.8 Å². The number of likely N-dealkylation sites (tertiary alicyclic amines) is 1. The summed E-state index contributed by atoms with van der Waals surface area (Å²) in [5.41, 5.74) is 4.64. The molecule has 330 valence electrons. The molecule has 5 N–H and O–H groups in total. The zero-order chi connectivity index (χ0) is 45.0. The van der Waals surface area contributed by atoms with Gasteiger partial charge in [0, 0.05) is 61.2 Å². The number of aliphatic hydroxyl groups excluding tert-OH is 1. The number of hydrogen-bond acceptors (Lipinski definition) is 12. The molecule has 1 saturated carbocycles. The second-order valence-electron chi connectivity index (χ2n) is 17.4. The highest BCUT2D eigenvalue weighted by molar-refractivity contribution is 9.10. The van der Waals surface area contributed by atoms with Gasteiger partial charge in [0.05, 0.1) is 46.4 Å². The molecule has 18 heteroatoms. The minimum absolute atomic E-state index is 0.0294. The number of anilines is 1. The van der Waals surface area contributed by atoms with E-state index >= 15 is 0 Å². The van der Waals surface area contributed by atoms with Gasteiger partial charge >= 0.3 is 0 Å². The molecular formula is C45H52BrN11O5S. The van der Waals surface area contributed by atoms with Crippen LogP contribution in [-0.2, 0) is 19.2 Å². The molecule has 1 aliphatic carbocycles. The van der Waals surface area contributed by atoms with Crippen molar-refractivity contribution in [3.05, 3.63) is 81.5 Å². The van der Waals surface area contributed by atoms with E-state index in [4.69, 9.17) is 4.98 Å². The van der Waals surface area contributed by atoms with Crippen LogP contribution in [-0.4, -0.2) is 96.3 Å². The van der Waals surface area contributed by atoms with Gasteiger partial charge in [-0.25, -0.2) is 4.52 Å². The van der Waals surface area contributed by atoms with Crippen molar-refractivity contribution in [1.82, 2.24) is 45.6 Å². The van der Waals surface area contributed by atoms with Gasteiger partial charge < -0.3 is 31.3 Å². The first kappa shape index (κ1) is 45.3. The Labute approximate surface area is 378 Å². The van der Waals surface area contributed by atoms with Crippen LogP contribution >= 0.6 is 27.3 Å². The SMILES string of the molecule is CNc1cc(-c2ccc3cc(C#N)cnn23)ncc1-c1nnc(C2CCC(NC(=O)CCC(=O)N[C@H](C(=O)N3C[C@H](O)C[C@H]3C(=O)N[C@@H](C)c3ccc(Br)cc3)C(C)(C)C)CC2)s1. The Morgan fingerprint density at radius 3 is 2.41 bits per heavy atom. The van der Waals surface area contributed by atoms with E-state index in [1.807, 2.05) is 77.2 Å². The van der Waals surface area contributed by atoms with Crippen molar-refractivity contribution < 1.29 is 24.3 Å². The number of carbonyl (C=O) groups is 4. The third kappa shape index (κ3) is 10.5. The number of nitriles is 1. The van der Waals surface area contributed by atoms with E-state index in [0.29, 0.717) is 11.3 Å². The monoisotopic (exact) mass is 937 g/mol. The van der Waals surface area contributed by atoms with Crippen LogP contribution in [0, 0.1) is 16.7 Å². The summed E-state index contributed by atoms with van der Waals surface area (Å²) in [6.45, 7) is 7.30. The van der Waals surface area contributed by atoms with Crippen molar-refractivity contribution in [2.45, 2.75) is 109 Å². The second-order valence-corrected chi connectivity index (χ2v) is 19.3. The van der Waals surface area contributed by atoms with Gasteiger partial charge in [0.15, 0.2) is 5.01 Å². The van der Waals surface area contributed by atoms with Gasteiger partial charge in [-0.15, -0.1) is 10.2 Å². The van der Waals surface area contributed by atoms with Crippen LogP contribution in [0.4, 0.5) is 5.69 Å². The minimum atomic E-state index is -0.988. The molecule has 0 bridgehead atoms. The van der Waals surface area contributed by atoms with Crippen LogP contribution in [0.15, 0.2) is 65.4 Å². The normalized spacial score (nSPS) is 19.8. The van der Waals surface area contributed by atoms with Gasteiger partial charge in [-0.3, -0.25) is 24.2 Å². The smallest absolute Gasteiger partial charge is 0.246 e. The Kier molecular flexibility index (Phi) is 13.9. The summed E-state index contributed by atoms with van der Waals surface area (Å²) in [6.07, 6.45) is 5.51. The predicted octanol–water partition coefficient (Wildman–Crippen LogP) is 5.88. The van der Waals surface area contributed by atoms with E-state index in [-0.39, 0.29) is 55.6 Å². The summed E-state index contributed by atoms with van der Waals surface area (Å²) < 4.78 is 2.67. The lowest BCUT2D eigenvalue weighted by molar-refractivity contribution is -0.144. The molecule has 63 heavy (non-hydrogen) atoms. The third-order valence-electron chi connectivity index (χ3n) is 11.8. The number of aliphatic hydroxyl groups is 1. The zero-order valence-corrected chi connectivity index (χ0v) is 38.3. The number of benzene rings is 1. The Bertz CT molecular complexity index is 2520. The summed E-state index contributed by atoms with van der Waals surface area (Å²) in [5, 5.41) is 47.2. The number of nitrogens with zero attached hydrogens (tertiary/aromatic N) is 7. The van der Waals surface area contributed by atoms with Gasteiger partial charge in [-0.1, -0.05) is 60.2 Å². The second kappa shape index (κ2) is 19.3. The number of hydrogen-bond donors (Lipinski definition) is 5. The van der Waals surface area contributed by atoms with Crippen LogP contribution in [0.25, 0.3) is 27.5 Å². The molecule has 4 amide bonds. The van der Waals surface area contributed by atoms with Gasteiger partial charge in [-0.05, 0) is 80.0 Å². The molecule has 4 aromatic heterocycles. The summed E-state index contributed by atoms with van der Waals surface area (Å²) in [6, 6.07) is 15.0. The predicted molar refractivity (Wildman–Crippen MR) is 242 cm³/mol. The van der Waals surface area contributed by atoms with Crippen molar-refractivity contribution in [1.29, 1.82) is 5.26 Å². The number of halogens is 1. The maximum absolute atomic E-state index is 14.0. The highest BCUT2D eigenvalue weighted by Gasteiger charge is 2.44. The number of amides is 4. The van der Waals surface area contributed by atoms with Gasteiger partial charge in [0.25, 0.3) is 0 Å². The standard InChI is InChI=1S/C45H52BrN11O5S/c1-25(27-6-10-29(46)11-7-27)51-41(61)37-19-32(58)24-56(37)44(62)40(45(2,3)4)53-39(60)17-16-38(59)52-30-12-8-28(9-13-30)42-54-55-43(63-42)33-23-49-35(20-34(33)48-5)36-15-14-31-18-26(21-47)22-50-57(31)36/h6-7,10-11,14-15,18,20,22-23,25,28,30,32,37,40,58H,8-9,12-13,16-17,19,24H2,1-5H3,(H,48,49)(H,51,61)(H,52,59)(H,53,60)/t25-,28?,30?,32+,37-,40+/m0/s1. The van der Waals surface area contributed by atoms with Crippen LogP contribution in [0.5, 0.6) is 0 Å². The number of fused-ring (bicyclic) bond motifs is 1. The fraction of sp³-hybridized carbons (Fsp3) is 0.444. The Morgan fingerprint density at radius 1 is 0.984 bits per heavy atom. The molecule has 1 saturated heterocycles. The van der Waals surface area contributed by atoms with E-state index in [9.17, 15) is 29.5 Å². The van der Waals surface area contributed by atoms with Crippen LogP contribution in [0.3, 0.4) is 0 Å². The molecule has 5 aromatic rings. The summed E-state index contributed by atoms with van der Waals surface area (Å²) >= 11 is 4.96. The lowest BCUT2D eigenvalue weighted by Gasteiger charge is -2.35. The Balaban J connectivity index is 0.889. The number of rotatable bonds is 13. The van der Waals surface area contributed by atoms with Gasteiger partial charge in [-0.2, -0.15) is 10.4 Å². The number of nitrogens with one attached hydrogen (secondary N) is 4. The Hall–Kier alpha value is -5.77. The number of β-amino-alcohol motifs (C(OH)–C–C–N with tert-alkyl or cyclic N) is 1. The first-order valence-corrected chi connectivity index (χ1v) is 22.8. The third-order valence-corrected chi connectivity index (χ3v) is 13.4. The van der Waals surface area contributed by atoms with Crippen molar-refractivity contribution in [3.8, 4) is 28.0 Å². The lowest BCUT2D eigenvalue weighted by atomic mass is 9.85. The molecule has 1 aromatic carbocycles. The highest BCUT2D eigenvalue weighted by Crippen LogP contribution is 2.39. The fourth-order valence-corrected chi connectivity index (χ4v) is 9.55. The van der Waals surface area contributed by atoms with E-state index in [2.05, 4.69) is 58.6 Å². The number of pyridine rings is 1. The number of aromatic nitrogens is 5. The Morgan fingerprint density at radius 2 is 1.71 bits per heavy atom. The first-order chi connectivity index (χ1) is 30.1. The molecule has 4 atom stereocenters. The average Bonchev–Trinajstić information content (AvgIpc) is 4.03. The van der Waals surface area contributed by atoms with Crippen LogP contribution < -0.4 is 21.3 Å². The molecule has 0 spiro atoms. The molecule has 16 nitrogen and oxygen atoms in total. The molecule has 2 aliphatic rings. The maximum Gasteiger partial charge on any atom is 0.246 e. The highest BCUT2D eigenvalue weighted by atomic mass is 79.9. The maximum atomic E-state index is 14.0. The van der Waals surface area contributed by atoms with Crippen molar-refractivity contribution in [3.63, 3.8) is 0 Å². The van der Waals surface area contributed by atoms with Crippen molar-refractivity contribution in [2.24, 2.45) is 5.41 Å². The largest absolute Gasteiger partial charge is 0.391 e.